The second-order valence-corrected chi connectivity index (χ2v) is 6.89. The molecule has 0 spiro atoms. The molecule has 0 fully saturated rings. The lowest BCUT2D eigenvalue weighted by molar-refractivity contribution is -0.131. The summed E-state index contributed by atoms with van der Waals surface area (Å²) in [6, 6.07) is 17.5. The zero-order chi connectivity index (χ0) is 19.6. The summed E-state index contributed by atoms with van der Waals surface area (Å²) in [7, 11) is 0. The number of rotatable bonds is 9. The Kier molecular flexibility index (Phi) is 7.74. The summed E-state index contributed by atoms with van der Waals surface area (Å²) in [5.41, 5.74) is 1.84. The summed E-state index contributed by atoms with van der Waals surface area (Å²) in [5, 5.41) is 5.54. The first-order valence-electron chi connectivity index (χ1n) is 9.12. The van der Waals surface area contributed by atoms with E-state index in [2.05, 4.69) is 10.6 Å². The van der Waals surface area contributed by atoms with E-state index in [-0.39, 0.29) is 24.2 Å². The normalized spacial score (nSPS) is 12.9. The van der Waals surface area contributed by atoms with Gasteiger partial charge in [-0.15, -0.1) is 0 Å². The zero-order valence-electron chi connectivity index (χ0n) is 15.7. The third kappa shape index (κ3) is 6.70. The zero-order valence-corrected chi connectivity index (χ0v) is 15.7. The Morgan fingerprint density at radius 2 is 1.44 bits per heavy atom. The van der Waals surface area contributed by atoms with Crippen molar-refractivity contribution < 1.29 is 14.4 Å². The fraction of sp³-hybridized carbons (Fsp3) is 0.318. The summed E-state index contributed by atoms with van der Waals surface area (Å²) in [6.07, 6.45) is 1.35. The Morgan fingerprint density at radius 1 is 0.889 bits per heavy atom. The largest absolute Gasteiger partial charge is 0.344 e. The highest BCUT2D eigenvalue weighted by molar-refractivity contribution is 5.90. The van der Waals surface area contributed by atoms with E-state index < -0.39 is 12.1 Å². The predicted octanol–water partition coefficient (Wildman–Crippen LogP) is 2.30. The second kappa shape index (κ2) is 10.3. The minimum atomic E-state index is -0.695. The van der Waals surface area contributed by atoms with Crippen molar-refractivity contribution in [2.45, 2.75) is 38.8 Å². The molecule has 1 unspecified atom stereocenters. The Hall–Kier alpha value is -2.95. The predicted molar refractivity (Wildman–Crippen MR) is 105 cm³/mol. The molecule has 0 bridgehead atoms. The van der Waals surface area contributed by atoms with Gasteiger partial charge in [0.05, 0.1) is 12.5 Å². The van der Waals surface area contributed by atoms with Crippen molar-refractivity contribution in [2.75, 3.05) is 0 Å². The van der Waals surface area contributed by atoms with E-state index in [1.165, 1.54) is 0 Å². The van der Waals surface area contributed by atoms with Crippen LogP contribution in [0.15, 0.2) is 60.7 Å². The molecule has 0 saturated heterocycles. The molecule has 142 valence electrons. The molecular formula is C22H26N2O3. The van der Waals surface area contributed by atoms with E-state index in [9.17, 15) is 14.4 Å². The van der Waals surface area contributed by atoms with Crippen LogP contribution in [0, 0.1) is 5.92 Å². The molecule has 2 aromatic rings. The average molecular weight is 366 g/mol. The number of benzene rings is 2. The number of carbonyl (C=O) groups is 3. The van der Waals surface area contributed by atoms with Crippen molar-refractivity contribution in [2.24, 2.45) is 5.92 Å². The van der Waals surface area contributed by atoms with Crippen molar-refractivity contribution in [1.82, 2.24) is 10.6 Å². The van der Waals surface area contributed by atoms with E-state index in [4.69, 9.17) is 0 Å². The van der Waals surface area contributed by atoms with E-state index in [0.29, 0.717) is 6.42 Å². The van der Waals surface area contributed by atoms with Gasteiger partial charge in [-0.2, -0.15) is 0 Å². The first-order chi connectivity index (χ1) is 13.0. The van der Waals surface area contributed by atoms with Crippen LogP contribution in [-0.4, -0.2) is 30.2 Å². The van der Waals surface area contributed by atoms with E-state index in [0.717, 1.165) is 17.4 Å². The summed E-state index contributed by atoms with van der Waals surface area (Å²) in [4.78, 5) is 36.4. The fourth-order valence-electron chi connectivity index (χ4n) is 2.81. The number of hydrogen-bond acceptors (Lipinski definition) is 3. The van der Waals surface area contributed by atoms with Crippen LogP contribution in [0.1, 0.15) is 25.0 Å². The minimum Gasteiger partial charge on any atom is -0.344 e. The highest BCUT2D eigenvalue weighted by Gasteiger charge is 2.26. The number of amides is 2. The van der Waals surface area contributed by atoms with Gasteiger partial charge in [0.1, 0.15) is 12.3 Å². The Balaban J connectivity index is 1.96. The third-order valence-corrected chi connectivity index (χ3v) is 4.26. The van der Waals surface area contributed by atoms with Gasteiger partial charge in [0.2, 0.25) is 11.8 Å². The summed E-state index contributed by atoms with van der Waals surface area (Å²) < 4.78 is 0. The molecule has 0 aromatic heterocycles. The van der Waals surface area contributed by atoms with Crippen molar-refractivity contribution in [1.29, 1.82) is 0 Å². The molecule has 0 heterocycles. The van der Waals surface area contributed by atoms with Gasteiger partial charge < -0.3 is 15.4 Å². The van der Waals surface area contributed by atoms with E-state index in [1.807, 2.05) is 74.5 Å². The van der Waals surface area contributed by atoms with Crippen LogP contribution in [0.5, 0.6) is 0 Å². The SMILES string of the molecule is CC(C)[C@H](NC(=O)Cc1ccccc1)C(=O)NC(C=O)Cc1ccccc1. The molecule has 2 aromatic carbocycles. The smallest absolute Gasteiger partial charge is 0.243 e. The van der Waals surface area contributed by atoms with Crippen molar-refractivity contribution in [3.63, 3.8) is 0 Å². The first-order valence-corrected chi connectivity index (χ1v) is 9.12. The van der Waals surface area contributed by atoms with E-state index >= 15 is 0 Å². The van der Waals surface area contributed by atoms with Gasteiger partial charge in [0.25, 0.3) is 0 Å². The molecule has 5 nitrogen and oxygen atoms in total. The maximum atomic E-state index is 12.6. The van der Waals surface area contributed by atoms with Crippen LogP contribution in [-0.2, 0) is 27.2 Å². The Bertz CT molecular complexity index is 745. The van der Waals surface area contributed by atoms with Gasteiger partial charge in [-0.3, -0.25) is 9.59 Å². The van der Waals surface area contributed by atoms with Crippen molar-refractivity contribution in [3.8, 4) is 0 Å². The monoisotopic (exact) mass is 366 g/mol. The van der Waals surface area contributed by atoms with Gasteiger partial charge in [0.15, 0.2) is 0 Å². The van der Waals surface area contributed by atoms with Crippen LogP contribution in [0.4, 0.5) is 0 Å². The lowest BCUT2D eigenvalue weighted by Crippen LogP contribution is -2.53. The van der Waals surface area contributed by atoms with Crippen molar-refractivity contribution >= 4 is 18.1 Å². The minimum absolute atomic E-state index is 0.103. The average Bonchev–Trinajstić information content (AvgIpc) is 2.66. The molecule has 0 aliphatic rings. The standard InChI is InChI=1S/C22H26N2O3/c1-16(2)21(24-20(26)14-18-11-7-4-8-12-18)22(27)23-19(15-25)13-17-9-5-3-6-10-17/h3-12,15-16,19,21H,13-14H2,1-2H3,(H,23,27)(H,24,26)/t19?,21-/m0/s1. The molecule has 5 heteroatoms. The maximum absolute atomic E-state index is 12.6. The summed E-state index contributed by atoms with van der Waals surface area (Å²) in [6.45, 7) is 3.72. The van der Waals surface area contributed by atoms with Gasteiger partial charge in [-0.05, 0) is 23.5 Å². The first kappa shape index (κ1) is 20.4. The molecule has 2 amide bonds. The van der Waals surface area contributed by atoms with Gasteiger partial charge in [0, 0.05) is 0 Å². The molecular weight excluding hydrogens is 340 g/mol. The molecule has 0 saturated carbocycles. The van der Waals surface area contributed by atoms with Crippen LogP contribution < -0.4 is 10.6 Å². The fourth-order valence-corrected chi connectivity index (χ4v) is 2.81. The quantitative estimate of drug-likeness (QED) is 0.669. The molecule has 27 heavy (non-hydrogen) atoms. The van der Waals surface area contributed by atoms with Gasteiger partial charge >= 0.3 is 0 Å². The van der Waals surface area contributed by atoms with Crippen LogP contribution >= 0.6 is 0 Å². The van der Waals surface area contributed by atoms with Gasteiger partial charge in [-0.25, -0.2) is 0 Å². The summed E-state index contributed by atoms with van der Waals surface area (Å²) >= 11 is 0. The Morgan fingerprint density at radius 3 is 1.96 bits per heavy atom. The molecule has 0 aliphatic carbocycles. The topological polar surface area (TPSA) is 75.3 Å². The van der Waals surface area contributed by atoms with Crippen LogP contribution in [0.3, 0.4) is 0 Å². The number of hydrogen-bond donors (Lipinski definition) is 2. The van der Waals surface area contributed by atoms with Crippen LogP contribution in [0.2, 0.25) is 0 Å². The second-order valence-electron chi connectivity index (χ2n) is 6.89. The third-order valence-electron chi connectivity index (χ3n) is 4.26. The van der Waals surface area contributed by atoms with Crippen molar-refractivity contribution in [3.05, 3.63) is 71.8 Å². The highest BCUT2D eigenvalue weighted by Crippen LogP contribution is 2.07. The molecule has 2 rings (SSSR count). The molecule has 0 aliphatic heterocycles. The number of aldehydes is 1. The molecule has 2 atom stereocenters. The van der Waals surface area contributed by atoms with Crippen LogP contribution in [0.25, 0.3) is 0 Å². The number of nitrogens with one attached hydrogen (secondary N) is 2. The molecule has 0 radical (unpaired) electrons. The lowest BCUT2D eigenvalue weighted by atomic mass is 10.0. The van der Waals surface area contributed by atoms with E-state index in [1.54, 1.807) is 0 Å². The number of carbonyl (C=O) groups excluding carboxylic acids is 3. The summed E-state index contributed by atoms with van der Waals surface area (Å²) in [5.74, 6) is -0.672. The lowest BCUT2D eigenvalue weighted by Gasteiger charge is -2.23. The maximum Gasteiger partial charge on any atom is 0.243 e. The highest BCUT2D eigenvalue weighted by atomic mass is 16.2. The molecule has 2 N–H and O–H groups in total. The Labute approximate surface area is 160 Å². The van der Waals surface area contributed by atoms with Gasteiger partial charge in [-0.1, -0.05) is 74.5 Å².